The van der Waals surface area contributed by atoms with Crippen LogP contribution in [0.3, 0.4) is 0 Å². The largest absolute Gasteiger partial charge is 0.458 e. The molecule has 0 aromatic carbocycles. The standard InChI is InChI=1S/C14H24O4/c1-5-7-14(8-6-2)11(17-12(14)15)10-9-16-13(3,4)18-10/h10-11H,5-9H2,1-4H3/t10-,11-/m1/s1. The molecule has 0 bridgehead atoms. The molecule has 4 nitrogen and oxygen atoms in total. The van der Waals surface area contributed by atoms with Crippen molar-refractivity contribution in [3.05, 3.63) is 0 Å². The number of carbonyl (C=O) groups is 1. The van der Waals surface area contributed by atoms with Gasteiger partial charge in [0.15, 0.2) is 5.79 Å². The van der Waals surface area contributed by atoms with E-state index in [4.69, 9.17) is 14.2 Å². The molecule has 2 rings (SSSR count). The maximum absolute atomic E-state index is 11.9. The summed E-state index contributed by atoms with van der Waals surface area (Å²) in [5.41, 5.74) is -0.335. The molecule has 0 aromatic heterocycles. The highest BCUT2D eigenvalue weighted by atomic mass is 16.8. The molecule has 0 aromatic rings. The summed E-state index contributed by atoms with van der Waals surface area (Å²) in [5.74, 6) is -0.610. The molecule has 2 atom stereocenters. The van der Waals surface area contributed by atoms with Crippen LogP contribution in [-0.4, -0.2) is 30.6 Å². The molecule has 2 saturated heterocycles. The third kappa shape index (κ3) is 2.16. The summed E-state index contributed by atoms with van der Waals surface area (Å²) in [6.45, 7) is 8.52. The normalized spacial score (nSPS) is 33.0. The minimum atomic E-state index is -0.559. The van der Waals surface area contributed by atoms with Crippen LogP contribution in [-0.2, 0) is 19.0 Å². The molecule has 0 radical (unpaired) electrons. The highest BCUT2D eigenvalue weighted by Gasteiger charge is 2.61. The summed E-state index contributed by atoms with van der Waals surface area (Å²) in [6.07, 6.45) is 3.49. The van der Waals surface area contributed by atoms with Crippen molar-refractivity contribution >= 4 is 5.97 Å². The molecule has 2 aliphatic rings. The predicted octanol–water partition coefficient (Wildman–Crippen LogP) is 2.65. The van der Waals surface area contributed by atoms with Gasteiger partial charge in [-0.1, -0.05) is 26.7 Å². The number of hydrogen-bond acceptors (Lipinski definition) is 4. The van der Waals surface area contributed by atoms with Gasteiger partial charge in [0, 0.05) is 0 Å². The number of rotatable bonds is 5. The second-order valence-electron chi connectivity index (χ2n) is 5.85. The smallest absolute Gasteiger partial charge is 0.316 e. The molecule has 0 unspecified atom stereocenters. The topological polar surface area (TPSA) is 44.8 Å². The number of carbonyl (C=O) groups excluding carboxylic acids is 1. The van der Waals surface area contributed by atoms with Gasteiger partial charge in [0.25, 0.3) is 0 Å². The minimum absolute atomic E-state index is 0.0514. The van der Waals surface area contributed by atoms with Crippen LogP contribution in [0.5, 0.6) is 0 Å². The number of esters is 1. The van der Waals surface area contributed by atoms with Gasteiger partial charge in [0.2, 0.25) is 0 Å². The first kappa shape index (κ1) is 13.8. The van der Waals surface area contributed by atoms with Crippen molar-refractivity contribution in [1.82, 2.24) is 0 Å². The molecule has 2 heterocycles. The molecule has 0 saturated carbocycles. The van der Waals surface area contributed by atoms with Gasteiger partial charge < -0.3 is 14.2 Å². The van der Waals surface area contributed by atoms with Crippen LogP contribution in [0.25, 0.3) is 0 Å². The van der Waals surface area contributed by atoms with E-state index in [9.17, 15) is 4.79 Å². The zero-order chi connectivity index (χ0) is 13.4. The Kier molecular flexibility index (Phi) is 3.70. The second-order valence-corrected chi connectivity index (χ2v) is 5.85. The summed E-state index contributed by atoms with van der Waals surface area (Å²) >= 11 is 0. The van der Waals surface area contributed by atoms with E-state index in [-0.39, 0.29) is 23.6 Å². The lowest BCUT2D eigenvalue weighted by Gasteiger charge is -2.49. The van der Waals surface area contributed by atoms with Crippen molar-refractivity contribution in [3.63, 3.8) is 0 Å². The second kappa shape index (κ2) is 4.82. The van der Waals surface area contributed by atoms with Crippen LogP contribution >= 0.6 is 0 Å². The maximum atomic E-state index is 11.9. The van der Waals surface area contributed by atoms with Crippen molar-refractivity contribution in [2.24, 2.45) is 5.41 Å². The highest BCUT2D eigenvalue weighted by molar-refractivity contribution is 5.83. The molecule has 4 heteroatoms. The molecule has 18 heavy (non-hydrogen) atoms. The molecule has 0 aliphatic carbocycles. The van der Waals surface area contributed by atoms with E-state index in [1.807, 2.05) is 13.8 Å². The summed E-state index contributed by atoms with van der Waals surface area (Å²) in [6, 6.07) is 0. The van der Waals surface area contributed by atoms with E-state index in [0.717, 1.165) is 25.7 Å². The van der Waals surface area contributed by atoms with Crippen LogP contribution in [0.1, 0.15) is 53.4 Å². The summed E-state index contributed by atoms with van der Waals surface area (Å²) < 4.78 is 16.8. The monoisotopic (exact) mass is 256 g/mol. The molecule has 0 N–H and O–H groups in total. The van der Waals surface area contributed by atoms with E-state index in [0.29, 0.717) is 6.61 Å². The Morgan fingerprint density at radius 3 is 2.22 bits per heavy atom. The molecule has 2 aliphatic heterocycles. The Labute approximate surface area is 109 Å². The number of hydrogen-bond donors (Lipinski definition) is 0. The fraction of sp³-hybridized carbons (Fsp3) is 0.929. The summed E-state index contributed by atoms with van der Waals surface area (Å²) in [4.78, 5) is 11.9. The molecule has 104 valence electrons. The zero-order valence-corrected chi connectivity index (χ0v) is 11.8. The molecular formula is C14H24O4. The van der Waals surface area contributed by atoms with E-state index in [1.54, 1.807) is 0 Å². The van der Waals surface area contributed by atoms with Gasteiger partial charge in [-0.25, -0.2) is 0 Å². The fourth-order valence-corrected chi connectivity index (χ4v) is 3.21. The van der Waals surface area contributed by atoms with Crippen LogP contribution in [0.15, 0.2) is 0 Å². The first-order chi connectivity index (χ1) is 8.45. The molecule has 0 spiro atoms. The van der Waals surface area contributed by atoms with Crippen LogP contribution < -0.4 is 0 Å². The fourth-order valence-electron chi connectivity index (χ4n) is 3.21. The van der Waals surface area contributed by atoms with Crippen molar-refractivity contribution in [3.8, 4) is 0 Å². The summed E-state index contributed by atoms with van der Waals surface area (Å²) in [5, 5.41) is 0. The lowest BCUT2D eigenvalue weighted by atomic mass is 9.69. The SMILES string of the molecule is CCCC1(CCC)C(=O)O[C@@H]1[C@H]1COC(C)(C)O1. The first-order valence-corrected chi connectivity index (χ1v) is 6.98. The van der Waals surface area contributed by atoms with Crippen molar-refractivity contribution in [2.75, 3.05) is 6.61 Å². The van der Waals surface area contributed by atoms with Crippen LogP contribution in [0.4, 0.5) is 0 Å². The van der Waals surface area contributed by atoms with Gasteiger partial charge in [-0.05, 0) is 26.7 Å². The average Bonchev–Trinajstić information content (AvgIpc) is 2.65. The lowest BCUT2D eigenvalue weighted by molar-refractivity contribution is -0.236. The van der Waals surface area contributed by atoms with E-state index in [1.165, 1.54) is 0 Å². The Morgan fingerprint density at radius 1 is 1.22 bits per heavy atom. The third-order valence-corrected chi connectivity index (χ3v) is 3.95. The van der Waals surface area contributed by atoms with E-state index < -0.39 is 5.79 Å². The van der Waals surface area contributed by atoms with Crippen molar-refractivity contribution < 1.29 is 19.0 Å². The van der Waals surface area contributed by atoms with Gasteiger partial charge in [-0.15, -0.1) is 0 Å². The molecule has 0 amide bonds. The van der Waals surface area contributed by atoms with Crippen molar-refractivity contribution in [1.29, 1.82) is 0 Å². The van der Waals surface area contributed by atoms with Crippen LogP contribution in [0, 0.1) is 5.41 Å². The highest BCUT2D eigenvalue weighted by Crippen LogP contribution is 2.48. The van der Waals surface area contributed by atoms with Gasteiger partial charge in [-0.2, -0.15) is 0 Å². The zero-order valence-electron chi connectivity index (χ0n) is 11.8. The van der Waals surface area contributed by atoms with Crippen LogP contribution in [0.2, 0.25) is 0 Å². The molecular weight excluding hydrogens is 232 g/mol. The van der Waals surface area contributed by atoms with Gasteiger partial charge in [-0.3, -0.25) is 4.79 Å². The maximum Gasteiger partial charge on any atom is 0.316 e. The first-order valence-electron chi connectivity index (χ1n) is 6.98. The summed E-state index contributed by atoms with van der Waals surface area (Å²) in [7, 11) is 0. The van der Waals surface area contributed by atoms with Gasteiger partial charge in [0.1, 0.15) is 17.6 Å². The predicted molar refractivity (Wildman–Crippen MR) is 67.0 cm³/mol. The average molecular weight is 256 g/mol. The Morgan fingerprint density at radius 2 is 1.83 bits per heavy atom. The van der Waals surface area contributed by atoms with E-state index >= 15 is 0 Å². The quantitative estimate of drug-likeness (QED) is 0.709. The Bertz CT molecular complexity index is 318. The Balaban J connectivity index is 2.11. The Hall–Kier alpha value is -0.610. The van der Waals surface area contributed by atoms with Gasteiger partial charge in [0.05, 0.1) is 6.61 Å². The van der Waals surface area contributed by atoms with Gasteiger partial charge >= 0.3 is 5.97 Å². The third-order valence-electron chi connectivity index (χ3n) is 3.95. The number of ether oxygens (including phenoxy) is 3. The van der Waals surface area contributed by atoms with Crippen molar-refractivity contribution in [2.45, 2.75) is 71.4 Å². The molecule has 2 fully saturated rings. The minimum Gasteiger partial charge on any atom is -0.458 e. The number of cyclic esters (lactones) is 1. The van der Waals surface area contributed by atoms with E-state index in [2.05, 4.69) is 13.8 Å². The lowest BCUT2D eigenvalue weighted by Crippen LogP contribution is -2.62.